The highest BCUT2D eigenvalue weighted by atomic mass is 16.5. The lowest BCUT2D eigenvalue weighted by molar-refractivity contribution is 0.190. The van der Waals surface area contributed by atoms with E-state index in [4.69, 9.17) is 9.47 Å². The van der Waals surface area contributed by atoms with E-state index in [1.165, 1.54) is 25.7 Å². The van der Waals surface area contributed by atoms with E-state index >= 15 is 0 Å². The van der Waals surface area contributed by atoms with Crippen molar-refractivity contribution in [2.24, 2.45) is 5.41 Å². The highest BCUT2D eigenvalue weighted by molar-refractivity contribution is 5.39. The minimum absolute atomic E-state index is 0.440. The Labute approximate surface area is 122 Å². The van der Waals surface area contributed by atoms with Crippen molar-refractivity contribution in [1.82, 2.24) is 5.32 Å². The van der Waals surface area contributed by atoms with Gasteiger partial charge in [-0.2, -0.15) is 0 Å². The number of benzene rings is 1. The fourth-order valence-corrected chi connectivity index (χ4v) is 3.24. The monoisotopic (exact) mass is 277 g/mol. The predicted octanol–water partition coefficient (Wildman–Crippen LogP) is 3.63. The lowest BCUT2D eigenvalue weighted by Crippen LogP contribution is -2.31. The molecule has 0 saturated heterocycles. The van der Waals surface area contributed by atoms with Gasteiger partial charge < -0.3 is 14.8 Å². The second-order valence-corrected chi connectivity index (χ2v) is 5.72. The molecule has 0 radical (unpaired) electrons. The molecule has 0 heterocycles. The topological polar surface area (TPSA) is 30.5 Å². The van der Waals surface area contributed by atoms with Gasteiger partial charge >= 0.3 is 0 Å². The van der Waals surface area contributed by atoms with E-state index in [1.807, 2.05) is 38.2 Å². The average molecular weight is 277 g/mol. The fourth-order valence-electron chi connectivity index (χ4n) is 3.24. The fraction of sp³-hybridized carbons (Fsp3) is 0.647. The smallest absolute Gasteiger partial charge is 0.161 e. The molecule has 3 heteroatoms. The number of hydrogen-bond donors (Lipinski definition) is 1. The highest BCUT2D eigenvalue weighted by Crippen LogP contribution is 2.40. The maximum Gasteiger partial charge on any atom is 0.161 e. The van der Waals surface area contributed by atoms with E-state index in [2.05, 4.69) is 5.32 Å². The van der Waals surface area contributed by atoms with Gasteiger partial charge in [0.25, 0.3) is 0 Å². The molecular weight excluding hydrogens is 250 g/mol. The van der Waals surface area contributed by atoms with Gasteiger partial charge in [-0.15, -0.1) is 0 Å². The van der Waals surface area contributed by atoms with Gasteiger partial charge in [0, 0.05) is 6.54 Å². The zero-order chi connectivity index (χ0) is 14.3. The second-order valence-electron chi connectivity index (χ2n) is 5.72. The zero-order valence-electron chi connectivity index (χ0n) is 12.8. The van der Waals surface area contributed by atoms with Gasteiger partial charge in [0.2, 0.25) is 0 Å². The van der Waals surface area contributed by atoms with Gasteiger partial charge in [-0.25, -0.2) is 0 Å². The molecule has 0 aromatic heterocycles. The first-order valence-electron chi connectivity index (χ1n) is 7.79. The highest BCUT2D eigenvalue weighted by Gasteiger charge is 2.32. The van der Waals surface area contributed by atoms with Crippen LogP contribution in [0.25, 0.3) is 0 Å². The van der Waals surface area contributed by atoms with Gasteiger partial charge in [0.1, 0.15) is 0 Å². The number of nitrogens with one attached hydrogen (secondary N) is 1. The van der Waals surface area contributed by atoms with Crippen LogP contribution in [-0.4, -0.2) is 26.8 Å². The molecule has 112 valence electrons. The number of ether oxygens (including phenoxy) is 2. The van der Waals surface area contributed by atoms with Crippen LogP contribution in [0.5, 0.6) is 11.5 Å². The maximum atomic E-state index is 5.97. The molecule has 1 saturated carbocycles. The summed E-state index contributed by atoms with van der Waals surface area (Å²) in [5.74, 6) is 1.72. The van der Waals surface area contributed by atoms with Gasteiger partial charge in [-0.3, -0.25) is 0 Å². The third kappa shape index (κ3) is 3.89. The Morgan fingerprint density at radius 1 is 1.10 bits per heavy atom. The predicted molar refractivity (Wildman–Crippen MR) is 82.6 cm³/mol. The Morgan fingerprint density at radius 3 is 2.35 bits per heavy atom. The van der Waals surface area contributed by atoms with Crippen LogP contribution in [0.4, 0.5) is 0 Å². The van der Waals surface area contributed by atoms with Gasteiger partial charge in [0.15, 0.2) is 11.5 Å². The van der Waals surface area contributed by atoms with Crippen LogP contribution in [0.2, 0.25) is 0 Å². The standard InChI is InChI=1S/C17H27NO2/c1-3-19-15-8-4-5-9-16(15)20-13-12-17(14-18-2)10-6-7-11-17/h4-5,8-9,18H,3,6-7,10-14H2,1-2H3. The van der Waals surface area contributed by atoms with Crippen molar-refractivity contribution in [2.45, 2.75) is 39.0 Å². The van der Waals surface area contributed by atoms with Crippen molar-refractivity contribution in [3.63, 3.8) is 0 Å². The summed E-state index contributed by atoms with van der Waals surface area (Å²) in [6.45, 7) is 4.54. The first kappa shape index (κ1) is 15.2. The minimum Gasteiger partial charge on any atom is -0.490 e. The first-order valence-corrected chi connectivity index (χ1v) is 7.79. The van der Waals surface area contributed by atoms with Crippen molar-refractivity contribution in [3.8, 4) is 11.5 Å². The summed E-state index contributed by atoms with van der Waals surface area (Å²) in [5.41, 5.74) is 0.440. The maximum absolute atomic E-state index is 5.97. The Hall–Kier alpha value is -1.22. The summed E-state index contributed by atoms with van der Waals surface area (Å²) in [6.07, 6.45) is 6.48. The Bertz CT molecular complexity index is 400. The van der Waals surface area contributed by atoms with E-state index in [9.17, 15) is 0 Å². The molecule has 1 aromatic rings. The molecule has 0 bridgehead atoms. The Morgan fingerprint density at radius 2 is 1.75 bits per heavy atom. The van der Waals surface area contributed by atoms with Crippen LogP contribution >= 0.6 is 0 Å². The molecule has 0 unspecified atom stereocenters. The molecule has 0 spiro atoms. The summed E-state index contributed by atoms with van der Waals surface area (Å²) in [4.78, 5) is 0. The van der Waals surface area contributed by atoms with Crippen molar-refractivity contribution in [2.75, 3.05) is 26.8 Å². The third-order valence-corrected chi connectivity index (χ3v) is 4.25. The molecule has 20 heavy (non-hydrogen) atoms. The molecule has 1 N–H and O–H groups in total. The quantitative estimate of drug-likeness (QED) is 0.787. The zero-order valence-corrected chi connectivity index (χ0v) is 12.8. The van der Waals surface area contributed by atoms with E-state index < -0.39 is 0 Å². The van der Waals surface area contributed by atoms with E-state index in [0.29, 0.717) is 12.0 Å². The first-order chi connectivity index (χ1) is 9.79. The van der Waals surface area contributed by atoms with Gasteiger partial charge in [-0.05, 0) is 50.8 Å². The van der Waals surface area contributed by atoms with Gasteiger partial charge in [-0.1, -0.05) is 25.0 Å². The SMILES string of the molecule is CCOc1ccccc1OCCC1(CNC)CCCC1. The molecule has 3 nitrogen and oxygen atoms in total. The summed E-state index contributed by atoms with van der Waals surface area (Å²) in [5, 5.41) is 3.35. The minimum atomic E-state index is 0.440. The summed E-state index contributed by atoms with van der Waals surface area (Å²) in [6, 6.07) is 7.94. The van der Waals surface area contributed by atoms with Crippen LogP contribution in [-0.2, 0) is 0 Å². The van der Waals surface area contributed by atoms with Crippen LogP contribution in [0.1, 0.15) is 39.0 Å². The molecule has 1 aromatic carbocycles. The van der Waals surface area contributed by atoms with E-state index in [0.717, 1.165) is 31.1 Å². The average Bonchev–Trinajstić information content (AvgIpc) is 2.90. The van der Waals surface area contributed by atoms with Crippen LogP contribution < -0.4 is 14.8 Å². The molecule has 0 aliphatic heterocycles. The lowest BCUT2D eigenvalue weighted by Gasteiger charge is -2.28. The summed E-state index contributed by atoms with van der Waals surface area (Å²) in [7, 11) is 2.05. The number of rotatable bonds is 8. The van der Waals surface area contributed by atoms with Crippen LogP contribution in [0, 0.1) is 5.41 Å². The van der Waals surface area contributed by atoms with E-state index in [-0.39, 0.29) is 0 Å². The summed E-state index contributed by atoms with van der Waals surface area (Å²) < 4.78 is 11.6. The third-order valence-electron chi connectivity index (χ3n) is 4.25. The van der Waals surface area contributed by atoms with Gasteiger partial charge in [0.05, 0.1) is 13.2 Å². The van der Waals surface area contributed by atoms with Crippen molar-refractivity contribution >= 4 is 0 Å². The molecule has 1 fully saturated rings. The second kappa shape index (κ2) is 7.53. The van der Waals surface area contributed by atoms with Crippen molar-refractivity contribution in [1.29, 1.82) is 0 Å². The van der Waals surface area contributed by atoms with Crippen LogP contribution in [0.3, 0.4) is 0 Å². The Balaban J connectivity index is 1.88. The molecule has 2 rings (SSSR count). The molecule has 0 amide bonds. The molecule has 0 atom stereocenters. The molecule has 1 aliphatic rings. The van der Waals surface area contributed by atoms with Crippen LogP contribution in [0.15, 0.2) is 24.3 Å². The van der Waals surface area contributed by atoms with E-state index in [1.54, 1.807) is 0 Å². The number of para-hydroxylation sites is 2. The summed E-state index contributed by atoms with van der Waals surface area (Å²) >= 11 is 0. The lowest BCUT2D eigenvalue weighted by atomic mass is 9.83. The van der Waals surface area contributed by atoms with Crippen molar-refractivity contribution in [3.05, 3.63) is 24.3 Å². The Kier molecular flexibility index (Phi) is 5.72. The molecule has 1 aliphatic carbocycles. The number of hydrogen-bond acceptors (Lipinski definition) is 3. The normalized spacial score (nSPS) is 17.1. The molecular formula is C17H27NO2. The van der Waals surface area contributed by atoms with Crippen molar-refractivity contribution < 1.29 is 9.47 Å². The largest absolute Gasteiger partial charge is 0.490 e.